The maximum Gasteiger partial charge on any atom is 0.416 e. The van der Waals surface area contributed by atoms with E-state index in [4.69, 9.17) is 0 Å². The largest absolute Gasteiger partial charge is 0.416 e. The Balaban J connectivity index is 2.15. The number of nitrogens with one attached hydrogen (secondary N) is 1. The summed E-state index contributed by atoms with van der Waals surface area (Å²) in [5.41, 5.74) is 0.696. The first-order chi connectivity index (χ1) is 8.86. The highest BCUT2D eigenvalue weighted by molar-refractivity contribution is 5.48. The molecule has 1 N–H and O–H groups in total. The van der Waals surface area contributed by atoms with E-state index in [1.807, 2.05) is 13.1 Å². The summed E-state index contributed by atoms with van der Waals surface area (Å²) < 4.78 is 39.4. The molecule has 3 nitrogen and oxygen atoms in total. The molecule has 1 aromatic heterocycles. The smallest absolute Gasteiger partial charge is 0.378 e. The van der Waals surface area contributed by atoms with Crippen LogP contribution >= 0.6 is 0 Å². The first kappa shape index (κ1) is 13.5. The SMILES string of the molecule is CC(Nc1cccc(C(F)(F)F)c1)c1cnn(C)c1. The molecule has 2 rings (SSSR count). The van der Waals surface area contributed by atoms with Gasteiger partial charge >= 0.3 is 6.18 Å². The average molecular weight is 269 g/mol. The summed E-state index contributed by atoms with van der Waals surface area (Å²) in [4.78, 5) is 0. The van der Waals surface area contributed by atoms with Crippen molar-refractivity contribution in [1.29, 1.82) is 0 Å². The number of anilines is 1. The molecular formula is C13H14F3N3. The maximum absolute atomic E-state index is 12.6. The van der Waals surface area contributed by atoms with Crippen LogP contribution in [-0.4, -0.2) is 9.78 Å². The van der Waals surface area contributed by atoms with E-state index in [-0.39, 0.29) is 6.04 Å². The van der Waals surface area contributed by atoms with Crippen molar-refractivity contribution in [2.24, 2.45) is 7.05 Å². The van der Waals surface area contributed by atoms with Gasteiger partial charge in [0.1, 0.15) is 0 Å². The Kier molecular flexibility index (Phi) is 3.50. The van der Waals surface area contributed by atoms with Crippen LogP contribution < -0.4 is 5.32 Å². The highest BCUT2D eigenvalue weighted by Crippen LogP contribution is 2.31. The molecule has 102 valence electrons. The lowest BCUT2D eigenvalue weighted by molar-refractivity contribution is -0.137. The summed E-state index contributed by atoms with van der Waals surface area (Å²) in [6, 6.07) is 5.05. The van der Waals surface area contributed by atoms with Gasteiger partial charge in [-0.15, -0.1) is 0 Å². The monoisotopic (exact) mass is 269 g/mol. The van der Waals surface area contributed by atoms with Crippen molar-refractivity contribution in [3.05, 3.63) is 47.8 Å². The molecule has 1 atom stereocenters. The number of alkyl halides is 3. The third-order valence-corrected chi connectivity index (χ3v) is 2.80. The van der Waals surface area contributed by atoms with Gasteiger partial charge in [-0.1, -0.05) is 6.07 Å². The van der Waals surface area contributed by atoms with E-state index in [0.29, 0.717) is 5.69 Å². The lowest BCUT2D eigenvalue weighted by Crippen LogP contribution is -2.09. The molecule has 2 aromatic rings. The molecule has 0 aliphatic rings. The van der Waals surface area contributed by atoms with Crippen molar-refractivity contribution in [3.63, 3.8) is 0 Å². The van der Waals surface area contributed by atoms with Gasteiger partial charge in [-0.05, 0) is 25.1 Å². The van der Waals surface area contributed by atoms with Crippen LogP contribution in [0.5, 0.6) is 0 Å². The molecule has 1 aromatic carbocycles. The van der Waals surface area contributed by atoms with Crippen molar-refractivity contribution in [2.45, 2.75) is 19.1 Å². The second-order valence-corrected chi connectivity index (χ2v) is 4.39. The second-order valence-electron chi connectivity index (χ2n) is 4.39. The molecule has 1 unspecified atom stereocenters. The second kappa shape index (κ2) is 4.95. The van der Waals surface area contributed by atoms with Gasteiger partial charge < -0.3 is 5.32 Å². The number of benzene rings is 1. The summed E-state index contributed by atoms with van der Waals surface area (Å²) in [6.07, 6.45) is -0.814. The standard InChI is InChI=1S/C13H14F3N3/c1-9(10-7-17-19(2)8-10)18-12-5-3-4-11(6-12)13(14,15)16/h3-9,18H,1-2H3. The summed E-state index contributed by atoms with van der Waals surface area (Å²) in [5.74, 6) is 0. The van der Waals surface area contributed by atoms with Crippen LogP contribution in [0.3, 0.4) is 0 Å². The summed E-state index contributed by atoms with van der Waals surface area (Å²) in [5, 5.41) is 7.06. The minimum atomic E-state index is -4.32. The van der Waals surface area contributed by atoms with Crippen LogP contribution in [0.4, 0.5) is 18.9 Å². The summed E-state index contributed by atoms with van der Waals surface area (Å²) >= 11 is 0. The fourth-order valence-corrected chi connectivity index (χ4v) is 1.78. The average Bonchev–Trinajstić information content (AvgIpc) is 2.75. The molecule has 0 spiro atoms. The van der Waals surface area contributed by atoms with Crippen LogP contribution in [0.25, 0.3) is 0 Å². The van der Waals surface area contributed by atoms with Crippen molar-refractivity contribution in [2.75, 3.05) is 5.32 Å². The van der Waals surface area contributed by atoms with E-state index in [2.05, 4.69) is 10.4 Å². The van der Waals surface area contributed by atoms with Crippen LogP contribution in [0, 0.1) is 0 Å². The Hall–Kier alpha value is -1.98. The number of aromatic nitrogens is 2. The third-order valence-electron chi connectivity index (χ3n) is 2.80. The molecule has 6 heteroatoms. The Morgan fingerprint density at radius 3 is 2.63 bits per heavy atom. The molecule has 0 radical (unpaired) electrons. The Morgan fingerprint density at radius 2 is 2.05 bits per heavy atom. The molecule has 0 bridgehead atoms. The molecule has 1 heterocycles. The van der Waals surface area contributed by atoms with Gasteiger partial charge in [0.2, 0.25) is 0 Å². The fourth-order valence-electron chi connectivity index (χ4n) is 1.78. The molecule has 0 aliphatic carbocycles. The van der Waals surface area contributed by atoms with Gasteiger partial charge in [0.25, 0.3) is 0 Å². The molecule has 0 fully saturated rings. The first-order valence-corrected chi connectivity index (χ1v) is 5.78. The zero-order chi connectivity index (χ0) is 14.0. The molecule has 0 saturated heterocycles. The van der Waals surface area contributed by atoms with E-state index < -0.39 is 11.7 Å². The van der Waals surface area contributed by atoms with Crippen LogP contribution in [0.2, 0.25) is 0 Å². The van der Waals surface area contributed by atoms with Gasteiger partial charge in [0.05, 0.1) is 17.8 Å². The van der Waals surface area contributed by atoms with Crippen LogP contribution in [0.1, 0.15) is 24.1 Å². The molecule has 0 amide bonds. The minimum absolute atomic E-state index is 0.114. The molecule has 19 heavy (non-hydrogen) atoms. The van der Waals surface area contributed by atoms with E-state index in [9.17, 15) is 13.2 Å². The summed E-state index contributed by atoms with van der Waals surface area (Å²) in [6.45, 7) is 1.87. The number of halogens is 3. The van der Waals surface area contributed by atoms with E-state index >= 15 is 0 Å². The topological polar surface area (TPSA) is 29.9 Å². The van der Waals surface area contributed by atoms with Crippen molar-refractivity contribution < 1.29 is 13.2 Å². The number of aryl methyl sites for hydroxylation is 1. The Morgan fingerprint density at radius 1 is 1.32 bits per heavy atom. The van der Waals surface area contributed by atoms with Gasteiger partial charge in [-0.2, -0.15) is 18.3 Å². The predicted octanol–water partition coefficient (Wildman–Crippen LogP) is 3.61. The molecule has 0 aliphatic heterocycles. The van der Waals surface area contributed by atoms with Crippen LogP contribution in [0.15, 0.2) is 36.7 Å². The lowest BCUT2D eigenvalue weighted by Gasteiger charge is -2.15. The number of nitrogens with zero attached hydrogens (tertiary/aromatic N) is 2. The predicted molar refractivity (Wildman–Crippen MR) is 66.7 cm³/mol. The minimum Gasteiger partial charge on any atom is -0.378 e. The van der Waals surface area contributed by atoms with E-state index in [1.54, 1.807) is 24.0 Å². The van der Waals surface area contributed by atoms with Crippen molar-refractivity contribution in [3.8, 4) is 0 Å². The normalized spacial score (nSPS) is 13.3. The Labute approximate surface area is 109 Å². The highest BCUT2D eigenvalue weighted by atomic mass is 19.4. The zero-order valence-corrected chi connectivity index (χ0v) is 10.6. The number of hydrogen-bond donors (Lipinski definition) is 1. The van der Waals surface area contributed by atoms with E-state index in [1.165, 1.54) is 6.07 Å². The van der Waals surface area contributed by atoms with Gasteiger partial charge in [0.15, 0.2) is 0 Å². The highest BCUT2D eigenvalue weighted by Gasteiger charge is 2.30. The third kappa shape index (κ3) is 3.27. The van der Waals surface area contributed by atoms with Crippen molar-refractivity contribution >= 4 is 5.69 Å². The van der Waals surface area contributed by atoms with Gasteiger partial charge in [-0.3, -0.25) is 4.68 Å². The molecular weight excluding hydrogens is 255 g/mol. The first-order valence-electron chi connectivity index (χ1n) is 5.78. The summed E-state index contributed by atoms with van der Waals surface area (Å²) in [7, 11) is 1.79. The fraction of sp³-hybridized carbons (Fsp3) is 0.308. The van der Waals surface area contributed by atoms with Gasteiger partial charge in [-0.25, -0.2) is 0 Å². The Bertz CT molecular complexity index is 560. The zero-order valence-electron chi connectivity index (χ0n) is 10.6. The number of hydrogen-bond acceptors (Lipinski definition) is 2. The lowest BCUT2D eigenvalue weighted by atomic mass is 10.1. The van der Waals surface area contributed by atoms with Gasteiger partial charge in [0, 0.05) is 24.5 Å². The maximum atomic E-state index is 12.6. The number of rotatable bonds is 3. The van der Waals surface area contributed by atoms with Crippen molar-refractivity contribution in [1.82, 2.24) is 9.78 Å². The van der Waals surface area contributed by atoms with Crippen LogP contribution in [-0.2, 0) is 13.2 Å². The van der Waals surface area contributed by atoms with E-state index in [0.717, 1.165) is 17.7 Å². The quantitative estimate of drug-likeness (QED) is 0.922. The molecule has 0 saturated carbocycles.